The van der Waals surface area contributed by atoms with Crippen molar-refractivity contribution in [1.29, 1.82) is 0 Å². The van der Waals surface area contributed by atoms with Gasteiger partial charge in [0.2, 0.25) is 5.89 Å². The zero-order valence-corrected chi connectivity index (χ0v) is 12.5. The van der Waals surface area contributed by atoms with Gasteiger partial charge in [-0.15, -0.1) is 11.8 Å². The van der Waals surface area contributed by atoms with E-state index in [9.17, 15) is 4.79 Å². The Bertz CT molecular complexity index is 585. The van der Waals surface area contributed by atoms with Crippen LogP contribution in [-0.4, -0.2) is 23.3 Å². The molecule has 0 saturated heterocycles. The Kier molecular flexibility index (Phi) is 5.49. The van der Waals surface area contributed by atoms with Crippen molar-refractivity contribution in [2.75, 3.05) is 12.4 Å². The highest BCUT2D eigenvalue weighted by Gasteiger charge is 2.08. The number of hydrogen-bond acceptors (Lipinski definition) is 5. The van der Waals surface area contributed by atoms with Gasteiger partial charge in [-0.05, 0) is 25.1 Å². The molecule has 2 rings (SSSR count). The van der Waals surface area contributed by atoms with E-state index in [-0.39, 0.29) is 5.97 Å². The van der Waals surface area contributed by atoms with Crippen molar-refractivity contribution in [2.24, 2.45) is 0 Å². The fourth-order valence-electron chi connectivity index (χ4n) is 1.57. The molecule has 20 heavy (non-hydrogen) atoms. The van der Waals surface area contributed by atoms with Crippen LogP contribution in [0.2, 0.25) is 5.02 Å². The number of carbonyl (C=O) groups is 1. The molecule has 0 unspecified atom stereocenters. The minimum atomic E-state index is -0.212. The van der Waals surface area contributed by atoms with E-state index in [1.54, 1.807) is 25.3 Å². The van der Waals surface area contributed by atoms with Crippen molar-refractivity contribution in [3.8, 4) is 11.5 Å². The first-order valence-electron chi connectivity index (χ1n) is 6.12. The average Bonchev–Trinajstić information content (AvgIpc) is 2.88. The molecule has 0 bridgehead atoms. The molecular formula is C14H14ClNO3S. The molecule has 1 aromatic carbocycles. The van der Waals surface area contributed by atoms with E-state index in [2.05, 4.69) is 4.98 Å². The summed E-state index contributed by atoms with van der Waals surface area (Å²) in [5, 5.41) is 0.638. The van der Waals surface area contributed by atoms with Crippen LogP contribution in [0.3, 0.4) is 0 Å². The summed E-state index contributed by atoms with van der Waals surface area (Å²) in [6, 6.07) is 7.32. The van der Waals surface area contributed by atoms with E-state index in [4.69, 9.17) is 20.8 Å². The van der Waals surface area contributed by atoms with Gasteiger partial charge in [0.05, 0.1) is 18.1 Å². The molecule has 6 heteroatoms. The van der Waals surface area contributed by atoms with E-state index >= 15 is 0 Å². The fourth-order valence-corrected chi connectivity index (χ4v) is 2.45. The Morgan fingerprint density at radius 1 is 1.50 bits per heavy atom. The standard InChI is InChI=1S/C14H14ClNO3S/c1-2-18-13(17)9-20-8-12-7-19-14(16-12)10-4-3-5-11(15)6-10/h3-7H,2,8-9H2,1H3. The van der Waals surface area contributed by atoms with Crippen LogP contribution < -0.4 is 0 Å². The van der Waals surface area contributed by atoms with Crippen LogP contribution in [0.1, 0.15) is 12.6 Å². The SMILES string of the molecule is CCOC(=O)CSCc1coc(-c2cccc(Cl)c2)n1. The predicted molar refractivity (Wildman–Crippen MR) is 79.7 cm³/mol. The number of nitrogens with zero attached hydrogens (tertiary/aromatic N) is 1. The minimum Gasteiger partial charge on any atom is -0.465 e. The largest absolute Gasteiger partial charge is 0.465 e. The van der Waals surface area contributed by atoms with Crippen molar-refractivity contribution in [2.45, 2.75) is 12.7 Å². The number of ether oxygens (including phenoxy) is 1. The molecule has 0 aliphatic heterocycles. The number of esters is 1. The minimum absolute atomic E-state index is 0.212. The van der Waals surface area contributed by atoms with Crippen molar-refractivity contribution < 1.29 is 13.9 Å². The van der Waals surface area contributed by atoms with Gasteiger partial charge in [0, 0.05) is 16.3 Å². The number of benzene rings is 1. The van der Waals surface area contributed by atoms with Gasteiger partial charge in [0.25, 0.3) is 0 Å². The first-order valence-corrected chi connectivity index (χ1v) is 7.66. The Hall–Kier alpha value is -1.46. The van der Waals surface area contributed by atoms with Crippen molar-refractivity contribution in [3.05, 3.63) is 41.2 Å². The number of aromatic nitrogens is 1. The predicted octanol–water partition coefficient (Wildman–Crippen LogP) is 3.79. The number of oxazole rings is 1. The lowest BCUT2D eigenvalue weighted by Crippen LogP contribution is -2.06. The molecule has 106 valence electrons. The third-order valence-electron chi connectivity index (χ3n) is 2.40. The first-order chi connectivity index (χ1) is 9.69. The molecule has 0 radical (unpaired) electrons. The quantitative estimate of drug-likeness (QED) is 0.760. The lowest BCUT2D eigenvalue weighted by atomic mass is 10.2. The zero-order valence-electron chi connectivity index (χ0n) is 11.0. The van der Waals surface area contributed by atoms with Crippen LogP contribution in [0.4, 0.5) is 0 Å². The Morgan fingerprint density at radius 3 is 3.10 bits per heavy atom. The molecule has 0 aliphatic carbocycles. The molecule has 0 aliphatic rings. The number of thioether (sulfide) groups is 1. The third-order valence-corrected chi connectivity index (χ3v) is 3.57. The second kappa shape index (κ2) is 7.36. The lowest BCUT2D eigenvalue weighted by molar-refractivity contribution is -0.139. The molecule has 1 aromatic heterocycles. The van der Waals surface area contributed by atoms with Crippen molar-refractivity contribution >= 4 is 29.3 Å². The molecular weight excluding hydrogens is 298 g/mol. The maximum Gasteiger partial charge on any atom is 0.315 e. The van der Waals surface area contributed by atoms with Crippen LogP contribution >= 0.6 is 23.4 Å². The second-order valence-corrected chi connectivity index (χ2v) is 5.37. The first kappa shape index (κ1) is 14.9. The van der Waals surface area contributed by atoms with Gasteiger partial charge in [-0.2, -0.15) is 0 Å². The number of carbonyl (C=O) groups excluding carboxylic acids is 1. The van der Waals surface area contributed by atoms with Crippen LogP contribution in [0.25, 0.3) is 11.5 Å². The van der Waals surface area contributed by atoms with E-state index in [0.29, 0.717) is 29.0 Å². The Morgan fingerprint density at radius 2 is 2.35 bits per heavy atom. The van der Waals surface area contributed by atoms with Gasteiger partial charge >= 0.3 is 5.97 Å². The van der Waals surface area contributed by atoms with E-state index < -0.39 is 0 Å². The maximum atomic E-state index is 11.2. The lowest BCUT2D eigenvalue weighted by Gasteiger charge is -1.99. The number of hydrogen-bond donors (Lipinski definition) is 0. The monoisotopic (exact) mass is 311 g/mol. The van der Waals surface area contributed by atoms with Crippen LogP contribution in [0, 0.1) is 0 Å². The van der Waals surface area contributed by atoms with E-state index in [0.717, 1.165) is 11.3 Å². The molecule has 0 amide bonds. The molecule has 4 nitrogen and oxygen atoms in total. The van der Waals surface area contributed by atoms with Gasteiger partial charge in [-0.1, -0.05) is 17.7 Å². The highest BCUT2D eigenvalue weighted by atomic mass is 35.5. The van der Waals surface area contributed by atoms with Gasteiger partial charge in [-0.25, -0.2) is 4.98 Å². The molecule has 0 saturated carbocycles. The fraction of sp³-hybridized carbons (Fsp3) is 0.286. The Labute approximate surface area is 126 Å². The van der Waals surface area contributed by atoms with Gasteiger partial charge in [0.1, 0.15) is 6.26 Å². The second-order valence-electron chi connectivity index (χ2n) is 3.95. The van der Waals surface area contributed by atoms with Gasteiger partial charge in [-0.3, -0.25) is 4.79 Å². The third kappa shape index (κ3) is 4.28. The zero-order chi connectivity index (χ0) is 14.4. The molecule has 0 atom stereocenters. The molecule has 1 heterocycles. The van der Waals surface area contributed by atoms with Crippen LogP contribution in [0.5, 0.6) is 0 Å². The average molecular weight is 312 g/mol. The summed E-state index contributed by atoms with van der Waals surface area (Å²) in [5.74, 6) is 1.23. The van der Waals surface area contributed by atoms with Crippen LogP contribution in [0.15, 0.2) is 34.9 Å². The smallest absolute Gasteiger partial charge is 0.315 e. The summed E-state index contributed by atoms with van der Waals surface area (Å²) in [5.41, 5.74) is 1.62. The van der Waals surface area contributed by atoms with Crippen LogP contribution in [-0.2, 0) is 15.3 Å². The topological polar surface area (TPSA) is 52.3 Å². The van der Waals surface area contributed by atoms with Crippen molar-refractivity contribution in [3.63, 3.8) is 0 Å². The van der Waals surface area contributed by atoms with Gasteiger partial charge < -0.3 is 9.15 Å². The molecule has 2 aromatic rings. The van der Waals surface area contributed by atoms with E-state index in [1.165, 1.54) is 11.8 Å². The summed E-state index contributed by atoms with van der Waals surface area (Å²) in [4.78, 5) is 15.6. The summed E-state index contributed by atoms with van der Waals surface area (Å²) in [6.45, 7) is 2.19. The molecule has 0 fully saturated rings. The summed E-state index contributed by atoms with van der Waals surface area (Å²) < 4.78 is 10.3. The molecule has 0 N–H and O–H groups in total. The number of rotatable bonds is 6. The van der Waals surface area contributed by atoms with Crippen molar-refractivity contribution in [1.82, 2.24) is 4.98 Å². The summed E-state index contributed by atoms with van der Waals surface area (Å²) in [7, 11) is 0. The van der Waals surface area contributed by atoms with E-state index in [1.807, 2.05) is 12.1 Å². The number of halogens is 1. The summed E-state index contributed by atoms with van der Waals surface area (Å²) >= 11 is 7.37. The maximum absolute atomic E-state index is 11.2. The highest BCUT2D eigenvalue weighted by Crippen LogP contribution is 2.23. The Balaban J connectivity index is 1.91. The normalized spacial score (nSPS) is 10.5. The highest BCUT2D eigenvalue weighted by molar-refractivity contribution is 7.99. The molecule has 0 spiro atoms. The van der Waals surface area contributed by atoms with Gasteiger partial charge in [0.15, 0.2) is 0 Å². The summed E-state index contributed by atoms with van der Waals surface area (Å²) in [6.07, 6.45) is 1.59.